The molecule has 5 nitrogen and oxygen atoms in total. The van der Waals surface area contributed by atoms with Crippen LogP contribution in [0.3, 0.4) is 0 Å². The van der Waals surface area contributed by atoms with Gasteiger partial charge in [0.25, 0.3) is 0 Å². The molecule has 0 radical (unpaired) electrons. The molecule has 1 aromatic carbocycles. The molecule has 0 aliphatic rings. The fourth-order valence-corrected chi connectivity index (χ4v) is 2.45. The molecule has 0 fully saturated rings. The summed E-state index contributed by atoms with van der Waals surface area (Å²) in [6, 6.07) is 4.38. The van der Waals surface area contributed by atoms with E-state index in [0.29, 0.717) is 18.4 Å². The zero-order chi connectivity index (χ0) is 17.0. The van der Waals surface area contributed by atoms with Gasteiger partial charge in [0.05, 0.1) is 18.8 Å². The first kappa shape index (κ1) is 17.0. The topological polar surface area (TPSA) is 64.4 Å². The van der Waals surface area contributed by atoms with Crippen molar-refractivity contribution in [2.24, 2.45) is 0 Å². The maximum Gasteiger partial charge on any atom is 0.220 e. The second kappa shape index (κ2) is 7.26. The molecule has 1 amide bonds. The normalized spacial score (nSPS) is 12.0. The van der Waals surface area contributed by atoms with E-state index in [2.05, 4.69) is 10.5 Å². The van der Waals surface area contributed by atoms with Crippen LogP contribution in [0.1, 0.15) is 42.0 Å². The van der Waals surface area contributed by atoms with Crippen LogP contribution in [0, 0.1) is 19.7 Å². The van der Waals surface area contributed by atoms with Crippen LogP contribution in [0.5, 0.6) is 5.75 Å². The largest absolute Gasteiger partial charge is 0.494 e. The lowest BCUT2D eigenvalue weighted by Crippen LogP contribution is -2.27. The van der Waals surface area contributed by atoms with E-state index >= 15 is 0 Å². The quantitative estimate of drug-likeness (QED) is 0.887. The number of hydrogen-bond donors (Lipinski definition) is 1. The van der Waals surface area contributed by atoms with Gasteiger partial charge in [-0.25, -0.2) is 4.39 Å². The Morgan fingerprint density at radius 2 is 2.17 bits per heavy atom. The zero-order valence-corrected chi connectivity index (χ0v) is 13.8. The number of nitrogens with zero attached hydrogens (tertiary/aromatic N) is 1. The minimum Gasteiger partial charge on any atom is -0.494 e. The molecular formula is C17H21FN2O3. The molecule has 1 atom stereocenters. The highest BCUT2D eigenvalue weighted by atomic mass is 19.1. The van der Waals surface area contributed by atoms with Crippen LogP contribution < -0.4 is 10.1 Å². The number of carbonyl (C=O) groups is 1. The number of halogens is 1. The maximum absolute atomic E-state index is 13.7. The van der Waals surface area contributed by atoms with E-state index in [0.717, 1.165) is 17.0 Å². The van der Waals surface area contributed by atoms with E-state index in [-0.39, 0.29) is 17.7 Å². The molecule has 124 valence electrons. The average molecular weight is 320 g/mol. The molecule has 0 aliphatic heterocycles. The van der Waals surface area contributed by atoms with Crippen molar-refractivity contribution < 1.29 is 18.4 Å². The summed E-state index contributed by atoms with van der Waals surface area (Å²) < 4.78 is 23.7. The first-order chi connectivity index (χ1) is 10.9. The molecule has 23 heavy (non-hydrogen) atoms. The summed E-state index contributed by atoms with van der Waals surface area (Å²) in [7, 11) is 1.41. The van der Waals surface area contributed by atoms with Crippen LogP contribution in [-0.4, -0.2) is 18.2 Å². The Kier molecular flexibility index (Phi) is 5.36. The Hall–Kier alpha value is -2.37. The molecule has 1 N–H and O–H groups in total. The van der Waals surface area contributed by atoms with Gasteiger partial charge in [-0.15, -0.1) is 0 Å². The monoisotopic (exact) mass is 320 g/mol. The van der Waals surface area contributed by atoms with Crippen molar-refractivity contribution in [2.75, 3.05) is 7.11 Å². The number of rotatable bonds is 6. The first-order valence-electron chi connectivity index (χ1n) is 7.47. The highest BCUT2D eigenvalue weighted by Gasteiger charge is 2.14. The summed E-state index contributed by atoms with van der Waals surface area (Å²) in [6.45, 7) is 5.50. The van der Waals surface area contributed by atoms with Gasteiger partial charge in [-0.3, -0.25) is 4.79 Å². The number of carbonyl (C=O) groups excluding carboxylic acids is 1. The van der Waals surface area contributed by atoms with Gasteiger partial charge in [0, 0.05) is 12.0 Å². The fraction of sp³-hybridized carbons (Fsp3) is 0.412. The van der Waals surface area contributed by atoms with Gasteiger partial charge in [-0.05, 0) is 44.9 Å². The Bertz CT molecular complexity index is 678. The van der Waals surface area contributed by atoms with Crippen LogP contribution >= 0.6 is 0 Å². The van der Waals surface area contributed by atoms with Crippen molar-refractivity contribution in [3.05, 3.63) is 46.6 Å². The van der Waals surface area contributed by atoms with Gasteiger partial charge in [-0.2, -0.15) is 0 Å². The molecule has 0 unspecified atom stereocenters. The van der Waals surface area contributed by atoms with Gasteiger partial charge < -0.3 is 14.6 Å². The van der Waals surface area contributed by atoms with E-state index in [4.69, 9.17) is 9.26 Å². The molecule has 1 heterocycles. The molecule has 2 rings (SSSR count). The van der Waals surface area contributed by atoms with Crippen LogP contribution in [0.25, 0.3) is 0 Å². The minimum absolute atomic E-state index is 0.103. The molecule has 0 saturated carbocycles. The summed E-state index contributed by atoms with van der Waals surface area (Å²) in [4.78, 5) is 12.1. The van der Waals surface area contributed by atoms with E-state index in [1.165, 1.54) is 13.2 Å². The molecule has 0 aliphatic carbocycles. The van der Waals surface area contributed by atoms with E-state index in [1.54, 1.807) is 12.1 Å². The van der Waals surface area contributed by atoms with Crippen molar-refractivity contribution in [3.8, 4) is 5.75 Å². The molecule has 1 aromatic heterocycles. The van der Waals surface area contributed by atoms with Crippen LogP contribution in [0.15, 0.2) is 22.7 Å². The predicted octanol–water partition coefficient (Wildman–Crippen LogP) is 3.25. The van der Waals surface area contributed by atoms with Gasteiger partial charge in [0.15, 0.2) is 11.6 Å². The van der Waals surface area contributed by atoms with Gasteiger partial charge in [-0.1, -0.05) is 11.2 Å². The number of benzene rings is 1. The second-order valence-electron chi connectivity index (χ2n) is 5.49. The standard InChI is InChI=1S/C17H21FN2O3/c1-10(13-5-7-16(22-4)15(18)9-13)19-17(21)8-6-14-11(2)20-23-12(14)3/h5,7,9-10H,6,8H2,1-4H3,(H,19,21)/t10-/m0/s1. The van der Waals surface area contributed by atoms with Crippen LogP contribution in [0.2, 0.25) is 0 Å². The third kappa shape index (κ3) is 4.09. The van der Waals surface area contributed by atoms with Crippen molar-refractivity contribution >= 4 is 5.91 Å². The first-order valence-corrected chi connectivity index (χ1v) is 7.47. The number of methoxy groups -OCH3 is 1. The molecule has 0 saturated heterocycles. The summed E-state index contributed by atoms with van der Waals surface area (Å²) in [5.41, 5.74) is 2.46. The summed E-state index contributed by atoms with van der Waals surface area (Å²) >= 11 is 0. The number of ether oxygens (including phenoxy) is 1. The molecular weight excluding hydrogens is 299 g/mol. The number of hydrogen-bond acceptors (Lipinski definition) is 4. The lowest BCUT2D eigenvalue weighted by molar-refractivity contribution is -0.121. The van der Waals surface area contributed by atoms with Gasteiger partial charge in [0.2, 0.25) is 5.91 Å². The van der Waals surface area contributed by atoms with E-state index in [9.17, 15) is 9.18 Å². The molecule has 0 bridgehead atoms. The summed E-state index contributed by atoms with van der Waals surface area (Å²) in [6.07, 6.45) is 0.891. The third-order valence-corrected chi connectivity index (χ3v) is 3.84. The second-order valence-corrected chi connectivity index (χ2v) is 5.49. The maximum atomic E-state index is 13.7. The Morgan fingerprint density at radius 1 is 1.43 bits per heavy atom. The van der Waals surface area contributed by atoms with Crippen LogP contribution in [-0.2, 0) is 11.2 Å². The molecule has 6 heteroatoms. The zero-order valence-electron chi connectivity index (χ0n) is 13.8. The van der Waals surface area contributed by atoms with E-state index in [1.807, 2.05) is 20.8 Å². The highest BCUT2D eigenvalue weighted by molar-refractivity contribution is 5.76. The number of amides is 1. The SMILES string of the molecule is COc1ccc([C@H](C)NC(=O)CCc2c(C)noc2C)cc1F. The smallest absolute Gasteiger partial charge is 0.220 e. The molecule has 0 spiro atoms. The van der Waals surface area contributed by atoms with E-state index < -0.39 is 5.82 Å². The lowest BCUT2D eigenvalue weighted by atomic mass is 10.1. The number of nitrogens with one attached hydrogen (secondary N) is 1. The Labute approximate surface area is 134 Å². The predicted molar refractivity (Wildman–Crippen MR) is 83.8 cm³/mol. The fourth-order valence-electron chi connectivity index (χ4n) is 2.45. The van der Waals surface area contributed by atoms with Crippen LogP contribution in [0.4, 0.5) is 4.39 Å². The van der Waals surface area contributed by atoms with Crippen molar-refractivity contribution in [1.82, 2.24) is 10.5 Å². The Morgan fingerprint density at radius 3 is 2.74 bits per heavy atom. The summed E-state index contributed by atoms with van der Waals surface area (Å²) in [5.74, 6) is 0.377. The van der Waals surface area contributed by atoms with Gasteiger partial charge in [0.1, 0.15) is 5.76 Å². The molecule has 2 aromatic rings. The number of aryl methyl sites for hydroxylation is 2. The summed E-state index contributed by atoms with van der Waals surface area (Å²) in [5, 5.41) is 6.73. The minimum atomic E-state index is -0.443. The van der Waals surface area contributed by atoms with Crippen molar-refractivity contribution in [2.45, 2.75) is 39.7 Å². The third-order valence-electron chi connectivity index (χ3n) is 3.84. The highest BCUT2D eigenvalue weighted by Crippen LogP contribution is 2.22. The lowest BCUT2D eigenvalue weighted by Gasteiger charge is -2.15. The number of aromatic nitrogens is 1. The van der Waals surface area contributed by atoms with Crippen molar-refractivity contribution in [1.29, 1.82) is 0 Å². The van der Waals surface area contributed by atoms with Crippen molar-refractivity contribution in [3.63, 3.8) is 0 Å². The average Bonchev–Trinajstić information content (AvgIpc) is 2.83. The van der Waals surface area contributed by atoms with Gasteiger partial charge >= 0.3 is 0 Å². The Balaban J connectivity index is 1.93.